The molecule has 282 valence electrons. The van der Waals surface area contributed by atoms with Crippen molar-refractivity contribution in [2.75, 3.05) is 83.0 Å². The van der Waals surface area contributed by atoms with Crippen LogP contribution in [-0.2, 0) is 9.47 Å². The lowest BCUT2D eigenvalue weighted by Gasteiger charge is -2.31. The molecular weight excluding hydrogens is 689 g/mol. The Morgan fingerprint density at radius 1 is 0.500 bits per heavy atom. The fourth-order valence-electron chi connectivity index (χ4n) is 5.63. The molecule has 0 bridgehead atoms. The minimum Gasteiger partial charge on any atom is -0.390 e. The number of hydrogen-bond acceptors (Lipinski definition) is 10. The van der Waals surface area contributed by atoms with Gasteiger partial charge >= 0.3 is 0 Å². The first-order chi connectivity index (χ1) is 25.3. The molecule has 52 heavy (non-hydrogen) atoms. The van der Waals surface area contributed by atoms with Gasteiger partial charge in [-0.25, -0.2) is 0 Å². The number of ether oxygens (including phenoxy) is 2. The Morgan fingerprint density at radius 3 is 1.19 bits per heavy atom. The van der Waals surface area contributed by atoms with Crippen molar-refractivity contribution in [3.8, 4) is 0 Å². The minimum absolute atomic E-state index is 0.271. The number of aliphatic hydroxyl groups is 2. The van der Waals surface area contributed by atoms with E-state index in [1.54, 1.807) is 23.5 Å². The fourth-order valence-corrected chi connectivity index (χ4v) is 7.19. The average Bonchev–Trinajstić information content (AvgIpc) is 3.15. The van der Waals surface area contributed by atoms with Gasteiger partial charge < -0.3 is 40.1 Å². The molecule has 4 N–H and O–H groups in total. The van der Waals surface area contributed by atoms with Gasteiger partial charge in [0, 0.05) is 82.3 Å². The van der Waals surface area contributed by atoms with E-state index >= 15 is 0 Å². The highest BCUT2D eigenvalue weighted by atomic mass is 32.2. The number of aliphatic hydroxyl groups excluding tert-OH is 2. The predicted molar refractivity (Wildman–Crippen MR) is 226 cm³/mol. The van der Waals surface area contributed by atoms with Crippen LogP contribution in [0.1, 0.15) is 27.7 Å². The number of thioether (sulfide) groups is 2. The Bertz CT molecular complexity index is 1380. The van der Waals surface area contributed by atoms with Crippen molar-refractivity contribution in [2.24, 2.45) is 0 Å². The third-order valence-electron chi connectivity index (χ3n) is 8.32. The molecule has 0 amide bonds. The zero-order valence-corrected chi connectivity index (χ0v) is 32.8. The van der Waals surface area contributed by atoms with Gasteiger partial charge in [0.25, 0.3) is 0 Å². The predicted octanol–water partition coefficient (Wildman–Crippen LogP) is 8.53. The highest BCUT2D eigenvalue weighted by molar-refractivity contribution is 7.99. The molecule has 0 radical (unpaired) electrons. The second-order valence-corrected chi connectivity index (χ2v) is 15.5. The highest BCUT2D eigenvalue weighted by Gasteiger charge is 2.17. The molecule has 0 aliphatic heterocycles. The first-order valence-corrected chi connectivity index (χ1v) is 20.6. The van der Waals surface area contributed by atoms with E-state index in [0.717, 1.165) is 45.6 Å². The zero-order valence-electron chi connectivity index (χ0n) is 31.2. The molecule has 0 heterocycles. The first-order valence-electron chi connectivity index (χ1n) is 18.3. The number of benzene rings is 4. The van der Waals surface area contributed by atoms with Crippen LogP contribution >= 0.6 is 23.5 Å². The monoisotopic (exact) mass is 746 g/mol. The van der Waals surface area contributed by atoms with Gasteiger partial charge in [0.15, 0.2) is 0 Å². The van der Waals surface area contributed by atoms with Crippen molar-refractivity contribution in [3.05, 3.63) is 109 Å². The minimum atomic E-state index is -0.434. The molecule has 2 atom stereocenters. The molecule has 0 aliphatic carbocycles. The van der Waals surface area contributed by atoms with E-state index in [4.69, 9.17) is 9.47 Å². The first kappa shape index (κ1) is 41.4. The lowest BCUT2D eigenvalue weighted by molar-refractivity contribution is 0.0604. The molecule has 4 aromatic carbocycles. The van der Waals surface area contributed by atoms with Gasteiger partial charge in [-0.15, -0.1) is 0 Å². The summed E-state index contributed by atoms with van der Waals surface area (Å²) in [4.78, 5) is 4.49. The third-order valence-corrected chi connectivity index (χ3v) is 10.5. The average molecular weight is 747 g/mol. The maximum absolute atomic E-state index is 10.8. The zero-order chi connectivity index (χ0) is 37.0. The molecule has 2 unspecified atom stereocenters. The summed E-state index contributed by atoms with van der Waals surface area (Å²) >= 11 is 3.42. The van der Waals surface area contributed by atoms with E-state index in [2.05, 4.69) is 96.7 Å². The summed E-state index contributed by atoms with van der Waals surface area (Å²) < 4.78 is 11.5. The Kier molecular flexibility index (Phi) is 18.6. The topological polar surface area (TPSA) is 89.5 Å². The van der Waals surface area contributed by atoms with Crippen LogP contribution in [0.4, 0.5) is 34.1 Å². The maximum atomic E-state index is 10.8. The van der Waals surface area contributed by atoms with Gasteiger partial charge in [-0.2, -0.15) is 23.5 Å². The molecule has 4 rings (SSSR count). The van der Waals surface area contributed by atoms with Gasteiger partial charge in [-0.05, 0) is 100 Å². The SMILES string of the molecule is CC(C)N(CC(O)CSCCOCCOCCSCC(O)CN(c1ccc(Nc2ccccc2)cc1)C(C)C)c1ccc(Nc2ccccc2)cc1. The van der Waals surface area contributed by atoms with Crippen molar-refractivity contribution in [2.45, 2.75) is 52.0 Å². The molecular formula is C42H58N4O4S2. The van der Waals surface area contributed by atoms with Gasteiger partial charge in [-0.3, -0.25) is 0 Å². The summed E-state index contributed by atoms with van der Waals surface area (Å²) in [5.41, 5.74) is 6.39. The van der Waals surface area contributed by atoms with Crippen LogP contribution < -0.4 is 20.4 Å². The Balaban J connectivity index is 1.01. The second-order valence-electron chi connectivity index (χ2n) is 13.3. The molecule has 0 fully saturated rings. The van der Waals surface area contributed by atoms with Crippen LogP contribution in [0.15, 0.2) is 109 Å². The summed E-state index contributed by atoms with van der Waals surface area (Å²) in [6, 6.07) is 37.6. The van der Waals surface area contributed by atoms with Gasteiger partial charge in [0.05, 0.1) is 38.6 Å². The molecule has 0 aliphatic rings. The van der Waals surface area contributed by atoms with Crippen LogP contribution in [-0.4, -0.2) is 97.0 Å². The highest BCUT2D eigenvalue weighted by Crippen LogP contribution is 2.25. The van der Waals surface area contributed by atoms with Crippen molar-refractivity contribution in [3.63, 3.8) is 0 Å². The second kappa shape index (κ2) is 23.3. The molecule has 10 heteroatoms. The van der Waals surface area contributed by atoms with E-state index in [0.29, 0.717) is 51.0 Å². The summed E-state index contributed by atoms with van der Waals surface area (Å²) in [6.07, 6.45) is -0.867. The molecule has 0 saturated heterocycles. The van der Waals surface area contributed by atoms with E-state index < -0.39 is 12.2 Å². The van der Waals surface area contributed by atoms with Crippen molar-refractivity contribution in [1.29, 1.82) is 0 Å². The van der Waals surface area contributed by atoms with Crippen molar-refractivity contribution in [1.82, 2.24) is 0 Å². The fraction of sp³-hybridized carbons (Fsp3) is 0.429. The number of para-hydroxylation sites is 2. The largest absolute Gasteiger partial charge is 0.390 e. The van der Waals surface area contributed by atoms with Crippen molar-refractivity contribution < 1.29 is 19.7 Å². The number of anilines is 6. The normalized spacial score (nSPS) is 12.5. The molecule has 4 aromatic rings. The Labute approximate surface area is 320 Å². The van der Waals surface area contributed by atoms with E-state index in [-0.39, 0.29) is 12.1 Å². The summed E-state index contributed by atoms with van der Waals surface area (Å²) in [6.45, 7) is 12.1. The van der Waals surface area contributed by atoms with Crippen LogP contribution in [0.2, 0.25) is 0 Å². The van der Waals surface area contributed by atoms with E-state index in [9.17, 15) is 10.2 Å². The lowest BCUT2D eigenvalue weighted by atomic mass is 10.2. The third kappa shape index (κ3) is 15.3. The van der Waals surface area contributed by atoms with Gasteiger partial charge in [0.2, 0.25) is 0 Å². The van der Waals surface area contributed by atoms with Crippen LogP contribution in [0.5, 0.6) is 0 Å². The van der Waals surface area contributed by atoms with Gasteiger partial charge in [0.1, 0.15) is 0 Å². The number of rotatable bonds is 25. The van der Waals surface area contributed by atoms with Crippen LogP contribution in [0, 0.1) is 0 Å². The summed E-state index contributed by atoms with van der Waals surface area (Å²) in [5, 5.41) is 28.4. The number of nitrogens with one attached hydrogen (secondary N) is 2. The van der Waals surface area contributed by atoms with Crippen LogP contribution in [0.25, 0.3) is 0 Å². The van der Waals surface area contributed by atoms with Crippen LogP contribution in [0.3, 0.4) is 0 Å². The Hall–Kier alpha value is -3.38. The Morgan fingerprint density at radius 2 is 0.846 bits per heavy atom. The molecule has 0 aromatic heterocycles. The smallest absolute Gasteiger partial charge is 0.0805 e. The number of nitrogens with zero attached hydrogens (tertiary/aromatic N) is 2. The number of hydrogen-bond donors (Lipinski definition) is 4. The summed E-state index contributed by atoms with van der Waals surface area (Å²) in [7, 11) is 0. The van der Waals surface area contributed by atoms with Crippen molar-refractivity contribution >= 4 is 57.6 Å². The molecule has 0 spiro atoms. The standard InChI is InChI=1S/C42H58N4O4S2/c1-33(2)45(39-19-15-37(16-20-39)43-35-11-7-5-8-12-35)29-41(47)31-51-27-25-49-23-24-50-26-28-52-32-42(48)30-46(34(3)4)40-21-17-38(18-22-40)44-36-13-9-6-10-14-36/h5-22,33-34,41-44,47-48H,23-32H2,1-4H3. The lowest BCUT2D eigenvalue weighted by Crippen LogP contribution is -2.38. The maximum Gasteiger partial charge on any atom is 0.0805 e. The molecule has 8 nitrogen and oxygen atoms in total. The molecule has 0 saturated carbocycles. The van der Waals surface area contributed by atoms with E-state index in [1.807, 2.05) is 60.7 Å². The quantitative estimate of drug-likeness (QED) is 0.0495. The van der Waals surface area contributed by atoms with Gasteiger partial charge in [-0.1, -0.05) is 36.4 Å². The summed E-state index contributed by atoms with van der Waals surface area (Å²) in [5.74, 6) is 2.98. The van der Waals surface area contributed by atoms with E-state index in [1.165, 1.54) is 0 Å².